The maximum Gasteiger partial charge on any atom is 0.0715 e. The zero-order valence-electron chi connectivity index (χ0n) is 15.2. The number of benzene rings is 4. The van der Waals surface area contributed by atoms with Gasteiger partial charge in [0.15, 0.2) is 0 Å². The van der Waals surface area contributed by atoms with Crippen molar-refractivity contribution in [2.75, 3.05) is 0 Å². The van der Waals surface area contributed by atoms with Gasteiger partial charge in [0.05, 0.1) is 11.2 Å². The summed E-state index contributed by atoms with van der Waals surface area (Å²) in [6.45, 7) is 2.14. The van der Waals surface area contributed by atoms with Crippen LogP contribution >= 0.6 is 0 Å². The highest BCUT2D eigenvalue weighted by Crippen LogP contribution is 2.36. The first-order valence-electron chi connectivity index (χ1n) is 9.24. The fourth-order valence-corrected chi connectivity index (χ4v) is 3.78. The second kappa shape index (κ2) is 6.37. The minimum absolute atomic E-state index is 1.01. The summed E-state index contributed by atoms with van der Waals surface area (Å²) in [4.78, 5) is 4.95. The van der Waals surface area contributed by atoms with E-state index >= 15 is 0 Å². The average molecular weight is 345 g/mol. The molecule has 0 saturated heterocycles. The van der Waals surface area contributed by atoms with Gasteiger partial charge in [0, 0.05) is 10.9 Å². The number of aryl methyl sites for hydroxylation is 1. The van der Waals surface area contributed by atoms with E-state index in [1.54, 1.807) is 0 Å². The van der Waals surface area contributed by atoms with Crippen molar-refractivity contribution in [3.8, 4) is 22.4 Å². The summed E-state index contributed by atoms with van der Waals surface area (Å²) in [7, 11) is 0. The van der Waals surface area contributed by atoms with E-state index in [9.17, 15) is 0 Å². The summed E-state index contributed by atoms with van der Waals surface area (Å²) < 4.78 is 0. The van der Waals surface area contributed by atoms with E-state index in [1.165, 1.54) is 32.8 Å². The molecule has 4 aromatic carbocycles. The van der Waals surface area contributed by atoms with E-state index < -0.39 is 0 Å². The van der Waals surface area contributed by atoms with Crippen LogP contribution in [0.15, 0.2) is 97.1 Å². The standard InChI is InChI=1S/C26H19N/c1-18-14-15-25-24(16-18)23(17-26(27-25)20-9-3-2-4-10-20)22-13-7-11-19-8-5-6-12-21(19)22/h2-17H,1H3. The highest BCUT2D eigenvalue weighted by atomic mass is 14.7. The first-order chi connectivity index (χ1) is 13.3. The lowest BCUT2D eigenvalue weighted by molar-refractivity contribution is 1.38. The van der Waals surface area contributed by atoms with Gasteiger partial charge in [0.25, 0.3) is 0 Å². The summed E-state index contributed by atoms with van der Waals surface area (Å²) in [5.41, 5.74) is 6.92. The van der Waals surface area contributed by atoms with Crippen molar-refractivity contribution in [2.24, 2.45) is 0 Å². The van der Waals surface area contributed by atoms with Gasteiger partial charge in [-0.2, -0.15) is 0 Å². The van der Waals surface area contributed by atoms with Gasteiger partial charge < -0.3 is 0 Å². The summed E-state index contributed by atoms with van der Waals surface area (Å²) in [6.07, 6.45) is 0. The minimum Gasteiger partial charge on any atom is -0.248 e. The van der Waals surface area contributed by atoms with E-state index in [0.717, 1.165) is 16.8 Å². The Bertz CT molecular complexity index is 1260. The van der Waals surface area contributed by atoms with Crippen LogP contribution in [0.1, 0.15) is 5.56 Å². The summed E-state index contributed by atoms with van der Waals surface area (Å²) >= 11 is 0. The molecule has 0 fully saturated rings. The predicted octanol–water partition coefficient (Wildman–Crippen LogP) is 7.03. The molecule has 5 aromatic rings. The third kappa shape index (κ3) is 2.78. The molecule has 0 aliphatic carbocycles. The van der Waals surface area contributed by atoms with Crippen LogP contribution < -0.4 is 0 Å². The van der Waals surface area contributed by atoms with Crippen molar-refractivity contribution in [3.05, 3.63) is 103 Å². The second-order valence-corrected chi connectivity index (χ2v) is 6.97. The van der Waals surface area contributed by atoms with Crippen LogP contribution in [0, 0.1) is 6.92 Å². The Labute approximate surface area is 158 Å². The number of aromatic nitrogens is 1. The van der Waals surface area contributed by atoms with Crippen molar-refractivity contribution in [1.82, 2.24) is 4.98 Å². The highest BCUT2D eigenvalue weighted by molar-refractivity contribution is 6.05. The quantitative estimate of drug-likeness (QED) is 0.335. The molecule has 0 aliphatic rings. The highest BCUT2D eigenvalue weighted by Gasteiger charge is 2.12. The molecular formula is C26H19N. The lowest BCUT2D eigenvalue weighted by Crippen LogP contribution is -1.91. The van der Waals surface area contributed by atoms with Crippen molar-refractivity contribution in [1.29, 1.82) is 0 Å². The van der Waals surface area contributed by atoms with E-state index in [1.807, 2.05) is 6.07 Å². The monoisotopic (exact) mass is 345 g/mol. The number of hydrogen-bond donors (Lipinski definition) is 0. The maximum absolute atomic E-state index is 4.95. The molecule has 0 amide bonds. The number of fused-ring (bicyclic) bond motifs is 2. The van der Waals surface area contributed by atoms with Gasteiger partial charge in [0.1, 0.15) is 0 Å². The Hall–Kier alpha value is -3.45. The molecule has 0 aliphatic heterocycles. The van der Waals surface area contributed by atoms with E-state index in [-0.39, 0.29) is 0 Å². The smallest absolute Gasteiger partial charge is 0.0715 e. The molecule has 0 N–H and O–H groups in total. The molecule has 0 bridgehead atoms. The Morgan fingerprint density at radius 2 is 1.37 bits per heavy atom. The molecule has 0 radical (unpaired) electrons. The van der Waals surface area contributed by atoms with Gasteiger partial charge in [0.2, 0.25) is 0 Å². The van der Waals surface area contributed by atoms with E-state index in [2.05, 4.69) is 97.9 Å². The van der Waals surface area contributed by atoms with Crippen LogP contribution in [0.25, 0.3) is 44.1 Å². The summed E-state index contributed by atoms with van der Waals surface area (Å²) in [5, 5.41) is 3.73. The largest absolute Gasteiger partial charge is 0.248 e. The van der Waals surface area contributed by atoms with Gasteiger partial charge in [-0.15, -0.1) is 0 Å². The normalized spacial score (nSPS) is 11.1. The minimum atomic E-state index is 1.01. The molecule has 0 unspecified atom stereocenters. The number of rotatable bonds is 2. The van der Waals surface area contributed by atoms with Crippen molar-refractivity contribution in [2.45, 2.75) is 6.92 Å². The van der Waals surface area contributed by atoms with Gasteiger partial charge in [-0.3, -0.25) is 0 Å². The lowest BCUT2D eigenvalue weighted by atomic mass is 9.93. The van der Waals surface area contributed by atoms with Crippen molar-refractivity contribution in [3.63, 3.8) is 0 Å². The first kappa shape index (κ1) is 15.8. The molecule has 1 aromatic heterocycles. The van der Waals surface area contributed by atoms with E-state index in [4.69, 9.17) is 4.98 Å². The van der Waals surface area contributed by atoms with Gasteiger partial charge in [-0.05, 0) is 47.0 Å². The molecule has 1 heterocycles. The molecule has 128 valence electrons. The number of hydrogen-bond acceptors (Lipinski definition) is 1. The van der Waals surface area contributed by atoms with Crippen LogP contribution in [0.3, 0.4) is 0 Å². The zero-order chi connectivity index (χ0) is 18.2. The van der Waals surface area contributed by atoms with E-state index in [0.29, 0.717) is 0 Å². The second-order valence-electron chi connectivity index (χ2n) is 6.97. The summed E-state index contributed by atoms with van der Waals surface area (Å²) in [6, 6.07) is 34.3. The van der Waals surface area contributed by atoms with Crippen molar-refractivity contribution >= 4 is 21.7 Å². The van der Waals surface area contributed by atoms with Gasteiger partial charge in [-0.25, -0.2) is 4.98 Å². The van der Waals surface area contributed by atoms with Gasteiger partial charge in [-0.1, -0.05) is 84.4 Å². The first-order valence-corrected chi connectivity index (χ1v) is 9.24. The molecule has 0 atom stereocenters. The molecule has 27 heavy (non-hydrogen) atoms. The third-order valence-electron chi connectivity index (χ3n) is 5.11. The van der Waals surface area contributed by atoms with Gasteiger partial charge >= 0.3 is 0 Å². The lowest BCUT2D eigenvalue weighted by Gasteiger charge is -2.13. The fraction of sp³-hybridized carbons (Fsp3) is 0.0385. The molecule has 1 heteroatoms. The molecule has 5 rings (SSSR count). The van der Waals surface area contributed by atoms with Crippen LogP contribution in [-0.2, 0) is 0 Å². The molecule has 0 saturated carbocycles. The van der Waals surface area contributed by atoms with Crippen LogP contribution in [0.4, 0.5) is 0 Å². The van der Waals surface area contributed by atoms with Crippen LogP contribution in [-0.4, -0.2) is 4.98 Å². The fourth-order valence-electron chi connectivity index (χ4n) is 3.78. The number of pyridine rings is 1. The third-order valence-corrected chi connectivity index (χ3v) is 5.11. The molecule has 1 nitrogen and oxygen atoms in total. The zero-order valence-corrected chi connectivity index (χ0v) is 15.2. The van der Waals surface area contributed by atoms with Crippen LogP contribution in [0.5, 0.6) is 0 Å². The van der Waals surface area contributed by atoms with Crippen molar-refractivity contribution < 1.29 is 0 Å². The Kier molecular flexibility index (Phi) is 3.72. The molecule has 0 spiro atoms. The summed E-state index contributed by atoms with van der Waals surface area (Å²) in [5.74, 6) is 0. The predicted molar refractivity (Wildman–Crippen MR) is 115 cm³/mol. The number of nitrogens with zero attached hydrogens (tertiary/aromatic N) is 1. The topological polar surface area (TPSA) is 12.9 Å². The molecular weight excluding hydrogens is 326 g/mol. The Morgan fingerprint density at radius 1 is 0.593 bits per heavy atom. The Balaban J connectivity index is 1.88. The maximum atomic E-state index is 4.95. The van der Waals surface area contributed by atoms with Crippen LogP contribution in [0.2, 0.25) is 0 Å². The SMILES string of the molecule is Cc1ccc2nc(-c3ccccc3)cc(-c3cccc4ccccc34)c2c1. The Morgan fingerprint density at radius 3 is 2.26 bits per heavy atom. The average Bonchev–Trinajstić information content (AvgIpc) is 2.73.